The van der Waals surface area contributed by atoms with Crippen molar-refractivity contribution in [2.45, 2.75) is 11.8 Å². The van der Waals surface area contributed by atoms with E-state index in [9.17, 15) is 14.9 Å². The standard InChI is InChI=1S/C27H22N4O4/c1-34-19-11-7-17(8-12-19)29-24-15-27(21-5-3-4-6-23(21)30-26(27)33)22(16-28)25(32)31(24)18-9-13-20(35-2)14-10-18/h3-14,22H,15H2,1-2H3,(H,30,33). The van der Waals surface area contributed by atoms with E-state index in [2.05, 4.69) is 11.4 Å². The highest BCUT2D eigenvalue weighted by molar-refractivity contribution is 6.26. The summed E-state index contributed by atoms with van der Waals surface area (Å²) in [6.45, 7) is 0. The molecule has 2 aliphatic rings. The lowest BCUT2D eigenvalue weighted by Gasteiger charge is -2.41. The average Bonchev–Trinajstić information content (AvgIpc) is 3.16. The van der Waals surface area contributed by atoms with Crippen LogP contribution in [0.5, 0.6) is 11.5 Å². The second-order valence-corrected chi connectivity index (χ2v) is 8.31. The summed E-state index contributed by atoms with van der Waals surface area (Å²) in [5.41, 5.74) is 0.972. The van der Waals surface area contributed by atoms with Gasteiger partial charge in [0.25, 0.3) is 5.91 Å². The minimum atomic E-state index is -1.38. The molecule has 3 aromatic carbocycles. The van der Waals surface area contributed by atoms with E-state index in [-0.39, 0.29) is 12.3 Å². The van der Waals surface area contributed by atoms with Gasteiger partial charge in [0.1, 0.15) is 28.7 Å². The Morgan fingerprint density at radius 1 is 0.971 bits per heavy atom. The van der Waals surface area contributed by atoms with Crippen molar-refractivity contribution in [2.75, 3.05) is 24.4 Å². The molecular formula is C27H22N4O4. The van der Waals surface area contributed by atoms with E-state index in [0.717, 1.165) is 0 Å². The normalized spacial score (nSPS) is 22.0. The number of aliphatic imine (C=N–C) groups is 1. The number of fused-ring (bicyclic) bond motifs is 2. The molecule has 0 saturated carbocycles. The number of nitrogens with one attached hydrogen (secondary N) is 1. The number of nitriles is 1. The molecule has 2 unspecified atom stereocenters. The second-order valence-electron chi connectivity index (χ2n) is 8.31. The first-order chi connectivity index (χ1) is 17.0. The van der Waals surface area contributed by atoms with E-state index in [0.29, 0.717) is 40.0 Å². The molecule has 8 heteroatoms. The second kappa shape index (κ2) is 8.61. The summed E-state index contributed by atoms with van der Waals surface area (Å²) < 4.78 is 10.5. The summed E-state index contributed by atoms with van der Waals surface area (Å²) in [6.07, 6.45) is 0.0673. The minimum absolute atomic E-state index is 0.0673. The number of methoxy groups -OCH3 is 2. The first kappa shape index (κ1) is 22.2. The molecule has 1 spiro atoms. The molecule has 0 radical (unpaired) electrons. The molecule has 2 atom stereocenters. The summed E-state index contributed by atoms with van der Waals surface area (Å²) in [5, 5.41) is 13.0. The molecule has 2 amide bonds. The Bertz CT molecular complexity index is 1380. The molecule has 8 nitrogen and oxygen atoms in total. The monoisotopic (exact) mass is 466 g/mol. The zero-order valence-corrected chi connectivity index (χ0v) is 19.2. The van der Waals surface area contributed by atoms with Gasteiger partial charge in [-0.2, -0.15) is 5.26 Å². The van der Waals surface area contributed by atoms with E-state index in [1.807, 2.05) is 0 Å². The molecular weight excluding hydrogens is 444 g/mol. The third kappa shape index (κ3) is 3.49. The fraction of sp³-hybridized carbons (Fsp3) is 0.185. The first-order valence-electron chi connectivity index (χ1n) is 11.0. The number of carbonyl (C=O) groups excluding carboxylic acids is 2. The number of hydrogen-bond acceptors (Lipinski definition) is 6. The third-order valence-electron chi connectivity index (χ3n) is 6.51. The topological polar surface area (TPSA) is 104 Å². The van der Waals surface area contributed by atoms with Gasteiger partial charge in [-0.05, 0) is 60.2 Å². The van der Waals surface area contributed by atoms with Crippen LogP contribution in [-0.2, 0) is 15.0 Å². The molecule has 35 heavy (non-hydrogen) atoms. The Balaban J connectivity index is 1.69. The Morgan fingerprint density at radius 2 is 1.60 bits per heavy atom. The molecule has 174 valence electrons. The quantitative estimate of drug-likeness (QED) is 0.621. The fourth-order valence-electron chi connectivity index (χ4n) is 4.77. The average molecular weight is 466 g/mol. The number of piperidine rings is 1. The van der Waals surface area contributed by atoms with Gasteiger partial charge in [-0.15, -0.1) is 0 Å². The van der Waals surface area contributed by atoms with Gasteiger partial charge in [0, 0.05) is 12.1 Å². The number of nitrogens with zero attached hydrogens (tertiary/aromatic N) is 3. The van der Waals surface area contributed by atoms with Gasteiger partial charge in [0.2, 0.25) is 5.91 Å². The van der Waals surface area contributed by atoms with Gasteiger partial charge in [-0.25, -0.2) is 4.99 Å². The molecule has 0 bridgehead atoms. The largest absolute Gasteiger partial charge is 0.497 e. The van der Waals surface area contributed by atoms with Crippen LogP contribution in [0.4, 0.5) is 17.1 Å². The van der Waals surface area contributed by atoms with Crippen molar-refractivity contribution in [3.63, 3.8) is 0 Å². The maximum atomic E-state index is 13.9. The summed E-state index contributed by atoms with van der Waals surface area (Å²) in [7, 11) is 3.14. The van der Waals surface area contributed by atoms with Gasteiger partial charge >= 0.3 is 0 Å². The smallest absolute Gasteiger partial charge is 0.251 e. The summed E-state index contributed by atoms with van der Waals surface area (Å²) in [5.74, 6) is -0.458. The van der Waals surface area contributed by atoms with Crippen LogP contribution in [0.1, 0.15) is 12.0 Å². The van der Waals surface area contributed by atoms with Crippen LogP contribution in [-0.4, -0.2) is 31.9 Å². The van der Waals surface area contributed by atoms with Crippen molar-refractivity contribution in [3.05, 3.63) is 78.4 Å². The molecule has 0 aromatic heterocycles. The number of anilines is 2. The fourth-order valence-corrected chi connectivity index (χ4v) is 4.77. The summed E-state index contributed by atoms with van der Waals surface area (Å²) in [4.78, 5) is 33.5. The zero-order chi connectivity index (χ0) is 24.6. The number of amides is 2. The molecule has 5 rings (SSSR count). The van der Waals surface area contributed by atoms with Crippen LogP contribution < -0.4 is 19.7 Å². The van der Waals surface area contributed by atoms with Crippen LogP contribution in [0.2, 0.25) is 0 Å². The van der Waals surface area contributed by atoms with Crippen LogP contribution in [0.25, 0.3) is 0 Å². The Morgan fingerprint density at radius 3 is 2.23 bits per heavy atom. The van der Waals surface area contributed by atoms with Crippen molar-refractivity contribution in [2.24, 2.45) is 10.9 Å². The van der Waals surface area contributed by atoms with Gasteiger partial charge in [-0.1, -0.05) is 18.2 Å². The van der Waals surface area contributed by atoms with Crippen LogP contribution in [0.15, 0.2) is 77.8 Å². The van der Waals surface area contributed by atoms with Crippen LogP contribution in [0.3, 0.4) is 0 Å². The van der Waals surface area contributed by atoms with Gasteiger partial charge in [0.05, 0.1) is 31.7 Å². The number of para-hydroxylation sites is 1. The highest BCUT2D eigenvalue weighted by Gasteiger charge is 2.60. The molecule has 1 N–H and O–H groups in total. The van der Waals surface area contributed by atoms with Crippen LogP contribution >= 0.6 is 0 Å². The number of benzene rings is 3. The Labute approximate surface area is 202 Å². The van der Waals surface area contributed by atoms with E-state index in [1.54, 1.807) is 87.0 Å². The lowest BCUT2D eigenvalue weighted by atomic mass is 9.66. The van der Waals surface area contributed by atoms with E-state index >= 15 is 0 Å². The number of amidine groups is 1. The van der Waals surface area contributed by atoms with Crippen molar-refractivity contribution < 1.29 is 19.1 Å². The number of hydrogen-bond donors (Lipinski definition) is 1. The minimum Gasteiger partial charge on any atom is -0.497 e. The molecule has 1 saturated heterocycles. The van der Waals surface area contributed by atoms with Gasteiger partial charge in [-0.3, -0.25) is 14.5 Å². The molecule has 1 fully saturated rings. The summed E-state index contributed by atoms with van der Waals surface area (Å²) in [6, 6.07) is 23.3. The Kier molecular flexibility index (Phi) is 5.46. The van der Waals surface area contributed by atoms with Crippen molar-refractivity contribution in [1.82, 2.24) is 0 Å². The van der Waals surface area contributed by atoms with E-state index in [4.69, 9.17) is 14.5 Å². The maximum absolute atomic E-state index is 13.9. The number of ether oxygens (including phenoxy) is 2. The van der Waals surface area contributed by atoms with E-state index in [1.165, 1.54) is 4.90 Å². The number of rotatable bonds is 4. The third-order valence-corrected chi connectivity index (χ3v) is 6.51. The van der Waals surface area contributed by atoms with Gasteiger partial charge < -0.3 is 14.8 Å². The SMILES string of the molecule is COc1ccc(N=C2CC3(C(=O)Nc4ccccc43)C(C#N)C(=O)N2c2ccc(OC)cc2)cc1. The lowest BCUT2D eigenvalue weighted by molar-refractivity contribution is -0.130. The lowest BCUT2D eigenvalue weighted by Crippen LogP contribution is -2.58. The van der Waals surface area contributed by atoms with Gasteiger partial charge in [0.15, 0.2) is 0 Å². The number of carbonyl (C=O) groups is 2. The van der Waals surface area contributed by atoms with Crippen molar-refractivity contribution in [3.8, 4) is 17.6 Å². The van der Waals surface area contributed by atoms with E-state index < -0.39 is 17.2 Å². The predicted octanol–water partition coefficient (Wildman–Crippen LogP) is 4.20. The highest BCUT2D eigenvalue weighted by Crippen LogP contribution is 2.49. The van der Waals surface area contributed by atoms with Crippen molar-refractivity contribution >= 4 is 34.7 Å². The van der Waals surface area contributed by atoms with Crippen LogP contribution in [0, 0.1) is 17.2 Å². The zero-order valence-electron chi connectivity index (χ0n) is 19.2. The highest BCUT2D eigenvalue weighted by atomic mass is 16.5. The molecule has 0 aliphatic carbocycles. The summed E-state index contributed by atoms with van der Waals surface area (Å²) >= 11 is 0. The van der Waals surface area contributed by atoms with Crippen molar-refractivity contribution in [1.29, 1.82) is 5.26 Å². The maximum Gasteiger partial charge on any atom is 0.251 e. The molecule has 2 aliphatic heterocycles. The Hall–Kier alpha value is -4.64. The first-order valence-corrected chi connectivity index (χ1v) is 11.0. The molecule has 2 heterocycles. The molecule has 3 aromatic rings. The predicted molar refractivity (Wildman–Crippen MR) is 131 cm³/mol.